The van der Waals surface area contributed by atoms with E-state index in [1.807, 2.05) is 0 Å². The predicted molar refractivity (Wildman–Crippen MR) is 268 cm³/mol. The molecule has 0 aliphatic carbocycles. The van der Waals surface area contributed by atoms with Crippen molar-refractivity contribution in [2.45, 2.75) is 307 Å². The van der Waals surface area contributed by atoms with E-state index in [0.717, 1.165) is 43.3 Å². The third kappa shape index (κ3) is 8.62. The Bertz CT molecular complexity index is 2320. The highest BCUT2D eigenvalue weighted by atomic mass is 16.8. The first kappa shape index (κ1) is 52.1. The lowest BCUT2D eigenvalue weighted by atomic mass is 9.78. The Morgan fingerprint density at radius 2 is 1.23 bits per heavy atom. The van der Waals surface area contributed by atoms with Crippen molar-refractivity contribution in [3.8, 4) is 0 Å². The van der Waals surface area contributed by atoms with Gasteiger partial charge in [-0.2, -0.15) is 0 Å². The Hall–Kier alpha value is -1.69. The third-order valence-corrected chi connectivity index (χ3v) is 21.9. The highest BCUT2D eigenvalue weighted by molar-refractivity contribution is 5.70. The van der Waals surface area contributed by atoms with E-state index < -0.39 is 65.7 Å². The molecule has 18 nitrogen and oxygen atoms in total. The van der Waals surface area contributed by atoms with Crippen molar-refractivity contribution < 1.29 is 86.1 Å². The van der Waals surface area contributed by atoms with Gasteiger partial charge >= 0.3 is 5.97 Å². The maximum atomic E-state index is 14.6. The van der Waals surface area contributed by atoms with Gasteiger partial charge < -0.3 is 81.3 Å². The molecular weight excluding hydrogens is 997 g/mol. The average molecular weight is 1080 g/mol. The minimum atomic E-state index is -0.913. The van der Waals surface area contributed by atoms with Crippen LogP contribution < -0.4 is 0 Å². The summed E-state index contributed by atoms with van der Waals surface area (Å²) < 4.78 is 104. The average Bonchev–Trinajstić information content (AvgIpc) is 4.36. The first-order valence-electron chi connectivity index (χ1n) is 30.1. The number of esters is 1. The Morgan fingerprint density at radius 3 is 2.08 bits per heavy atom. The van der Waals surface area contributed by atoms with Gasteiger partial charge in [-0.15, -0.1) is 0 Å². The first-order valence-corrected chi connectivity index (χ1v) is 30.1. The number of carbonyl (C=O) groups is 1. The number of ether oxygens (including phenoxy) is 15. The second-order valence-corrected chi connectivity index (χ2v) is 27.3. The van der Waals surface area contributed by atoms with Crippen molar-refractivity contribution in [2.24, 2.45) is 23.7 Å². The Kier molecular flexibility index (Phi) is 12.8. The van der Waals surface area contributed by atoms with Gasteiger partial charge in [-0.3, -0.25) is 4.79 Å². The van der Waals surface area contributed by atoms with Gasteiger partial charge in [0.25, 0.3) is 0 Å². The maximum Gasteiger partial charge on any atom is 0.308 e. The van der Waals surface area contributed by atoms with Crippen molar-refractivity contribution in [1.29, 1.82) is 0 Å². The number of carbonyl (C=O) groups excluding carboxylic acids is 1. The van der Waals surface area contributed by atoms with E-state index >= 15 is 0 Å². The number of aliphatic hydroxyl groups is 2. The third-order valence-electron chi connectivity index (χ3n) is 21.9. The van der Waals surface area contributed by atoms with E-state index in [1.165, 1.54) is 0 Å². The lowest BCUT2D eigenvalue weighted by Crippen LogP contribution is -2.66. The van der Waals surface area contributed by atoms with Crippen LogP contribution in [-0.2, 0) is 75.8 Å². The van der Waals surface area contributed by atoms with Gasteiger partial charge in [0.15, 0.2) is 17.4 Å². The van der Waals surface area contributed by atoms with E-state index in [4.69, 9.17) is 71.1 Å². The molecule has 16 saturated heterocycles. The fourth-order valence-electron chi connectivity index (χ4n) is 18.2. The number of hydrogen-bond acceptors (Lipinski definition) is 18. The zero-order valence-corrected chi connectivity index (χ0v) is 45.7. The summed E-state index contributed by atoms with van der Waals surface area (Å²) in [4.78, 5) is 14.6. The summed E-state index contributed by atoms with van der Waals surface area (Å²) in [6.45, 7) is 19.7. The van der Waals surface area contributed by atoms with E-state index in [1.54, 1.807) is 0 Å². The molecule has 0 saturated carbocycles. The smallest absolute Gasteiger partial charge is 0.308 e. The minimum Gasteiger partial charge on any atom is -0.459 e. The SMILES string of the molecule is C=C1C[C@@H]2CC[C@@]34C[C@H]5O[C@H]6[C@@H](O3)[C@H]3O[C@H](CC[C@@H]3O[C@@]6(C)C5O4)CC(=O)O[C@@H]3[C@@H](C)[C@@H]4O[C@@H]5C[C@]6(C[C@@H]7O[C@]8(C[C@H](C)[C@@H]9O[C@H](CO)[C@H](O)C[C@@H]9O8)C[C@H](C)[C@@H]7O6)O[C@@H]5C[C@@H]4O[C@H]3C[C@H]3O[C@@H](CC[C@@H]1O2)C[C@@H](C)C3=C. The summed E-state index contributed by atoms with van der Waals surface area (Å²) in [7, 11) is 0. The molecule has 0 aromatic rings. The van der Waals surface area contributed by atoms with E-state index in [2.05, 4.69) is 47.8 Å². The molecule has 1 unspecified atom stereocenters. The number of aliphatic hydroxyl groups excluding tert-OH is 2. The normalized spacial score (nSPS) is 59.6. The van der Waals surface area contributed by atoms with Crippen LogP contribution >= 0.6 is 0 Å². The van der Waals surface area contributed by atoms with Crippen LogP contribution in [0.25, 0.3) is 0 Å². The molecule has 16 rings (SSSR count). The van der Waals surface area contributed by atoms with Crippen molar-refractivity contribution in [1.82, 2.24) is 0 Å². The molecule has 428 valence electrons. The van der Waals surface area contributed by atoms with Gasteiger partial charge in [-0.25, -0.2) is 0 Å². The monoisotopic (exact) mass is 1080 g/mol. The van der Waals surface area contributed by atoms with E-state index in [9.17, 15) is 15.0 Å². The van der Waals surface area contributed by atoms with Gasteiger partial charge in [-0.1, -0.05) is 40.9 Å². The molecule has 77 heavy (non-hydrogen) atoms. The summed E-state index contributed by atoms with van der Waals surface area (Å²) in [6, 6.07) is 0. The first-order chi connectivity index (χ1) is 36.9. The van der Waals surface area contributed by atoms with Gasteiger partial charge in [0, 0.05) is 63.7 Å². The van der Waals surface area contributed by atoms with Gasteiger partial charge in [0.1, 0.15) is 42.2 Å². The fraction of sp³-hybridized carbons (Fsp3) is 0.915. The molecule has 18 heteroatoms. The molecule has 0 aromatic heterocycles. The van der Waals surface area contributed by atoms with Crippen molar-refractivity contribution in [2.75, 3.05) is 6.61 Å². The predicted octanol–water partition coefficient (Wildman–Crippen LogP) is 5.56. The summed E-state index contributed by atoms with van der Waals surface area (Å²) in [5, 5.41) is 20.6. The lowest BCUT2D eigenvalue weighted by Gasteiger charge is -2.54. The Labute approximate surface area is 452 Å². The van der Waals surface area contributed by atoms with Gasteiger partial charge in [0.2, 0.25) is 0 Å². The van der Waals surface area contributed by atoms with E-state index in [0.29, 0.717) is 70.6 Å². The number of rotatable bonds is 1. The van der Waals surface area contributed by atoms with Crippen LogP contribution in [0.3, 0.4) is 0 Å². The molecule has 3 spiro atoms. The largest absolute Gasteiger partial charge is 0.459 e. The van der Waals surface area contributed by atoms with E-state index in [-0.39, 0.29) is 140 Å². The zero-order chi connectivity index (χ0) is 52.7. The molecule has 0 radical (unpaired) electrons. The summed E-state index contributed by atoms with van der Waals surface area (Å²) in [5.74, 6) is -2.75. The minimum absolute atomic E-state index is 0.0103. The van der Waals surface area contributed by atoms with Gasteiger partial charge in [-0.05, 0) is 80.8 Å². The quantitative estimate of drug-likeness (QED) is 0.244. The molecule has 0 aromatic carbocycles. The standard InChI is InChI=1S/C59H84O18/c1-26-14-32-8-10-36-27(2)15-34(63-36)12-13-57-24-45-54(77-57)56(7)55(69-45)53(76-57)52-37(71-56)11-9-33(65-52)16-47(62)70-51-31(6)50-41(66-40(51)18-38(64-32)30(26)5)19-39-43(67-50)22-59(72-39)23-44-49(75-59)29(4)21-58(74-44)20-28(3)48-42(73-58)17-35(61)46(25-60)68-48/h26,28-29,31-46,48-55,60-61H,2,5,8-25H2,1,3-4,6-7H3/t26-,28+,29+,31+,32+,33-,34+,35-,36+,37+,38-,39-,40+,41+,42+,43-,44+,45-,46-,48+,49+,50+,51-,52+,53+,54?,55+,56+,57-,58-,59+/m1/s1. The topological polar surface area (TPSA) is 196 Å². The van der Waals surface area contributed by atoms with Crippen molar-refractivity contribution in [3.05, 3.63) is 24.3 Å². The van der Waals surface area contributed by atoms with Crippen LogP contribution in [0.15, 0.2) is 24.3 Å². The molecule has 16 fully saturated rings. The lowest BCUT2D eigenvalue weighted by molar-refractivity contribution is -0.371. The number of fused-ring (bicyclic) bond motifs is 10. The van der Waals surface area contributed by atoms with Crippen LogP contribution in [-0.4, -0.2) is 186 Å². The molecule has 31 atom stereocenters. The van der Waals surface area contributed by atoms with Gasteiger partial charge in [0.05, 0.1) is 117 Å². The molecule has 2 N–H and O–H groups in total. The second kappa shape index (κ2) is 18.9. The molecular formula is C59H84O18. The summed E-state index contributed by atoms with van der Waals surface area (Å²) in [6.07, 6.45) is 3.07. The second-order valence-electron chi connectivity index (χ2n) is 27.3. The maximum absolute atomic E-state index is 14.6. The Balaban J connectivity index is 0.672. The zero-order valence-electron chi connectivity index (χ0n) is 45.7. The van der Waals surface area contributed by atoms with Crippen molar-refractivity contribution >= 4 is 5.97 Å². The summed E-state index contributed by atoms with van der Waals surface area (Å²) in [5.41, 5.74) is 1.49. The molecule has 16 aliphatic heterocycles. The molecule has 16 aliphatic rings. The van der Waals surface area contributed by atoms with Crippen LogP contribution in [0.4, 0.5) is 0 Å². The Morgan fingerprint density at radius 1 is 0.519 bits per heavy atom. The molecule has 16 heterocycles. The number of hydrogen-bond donors (Lipinski definition) is 2. The molecule has 12 bridgehead atoms. The van der Waals surface area contributed by atoms with Crippen LogP contribution in [0.1, 0.15) is 144 Å². The summed E-state index contributed by atoms with van der Waals surface area (Å²) >= 11 is 0. The highest BCUT2D eigenvalue weighted by Gasteiger charge is 2.74. The van der Waals surface area contributed by atoms with Crippen LogP contribution in [0.2, 0.25) is 0 Å². The highest BCUT2D eigenvalue weighted by Crippen LogP contribution is 2.60. The molecule has 0 amide bonds. The van der Waals surface area contributed by atoms with Crippen LogP contribution in [0.5, 0.6) is 0 Å². The van der Waals surface area contributed by atoms with Crippen LogP contribution in [0, 0.1) is 23.7 Å². The fourth-order valence-corrected chi connectivity index (χ4v) is 18.2. The van der Waals surface area contributed by atoms with Crippen molar-refractivity contribution in [3.63, 3.8) is 0 Å².